The number of anilines is 2. The molecule has 0 aliphatic carbocycles. The van der Waals surface area contributed by atoms with E-state index in [4.69, 9.17) is 9.47 Å². The fraction of sp³-hybridized carbons (Fsp3) is 0.190. The number of imide groups is 1. The molecule has 0 aliphatic rings. The van der Waals surface area contributed by atoms with Crippen LogP contribution in [-0.2, 0) is 0 Å². The Kier molecular flexibility index (Phi) is 7.46. The Labute approximate surface area is 191 Å². The second-order valence-electron chi connectivity index (χ2n) is 6.71. The molecule has 0 fully saturated rings. The van der Waals surface area contributed by atoms with E-state index in [0.29, 0.717) is 4.90 Å². The number of carbonyl (C=O) groups is 2. The molecule has 0 N–H and O–H groups in total. The molecule has 13 heteroatoms. The van der Waals surface area contributed by atoms with E-state index in [9.17, 15) is 22.8 Å². The number of benzene rings is 2. The summed E-state index contributed by atoms with van der Waals surface area (Å²) in [5.74, 6) is -0.689. The highest BCUT2D eigenvalue weighted by Crippen LogP contribution is 2.22. The summed E-state index contributed by atoms with van der Waals surface area (Å²) in [6, 6.07) is 14.8. The SMILES string of the molecule is CN(C)c1nc(OCC(F)(F)F)nc(N(C(=O)Oc2ccccc2)C(=O)Oc2ccccc2)n1. The Morgan fingerprint density at radius 1 is 0.794 bits per heavy atom. The highest BCUT2D eigenvalue weighted by molar-refractivity contribution is 6.09. The van der Waals surface area contributed by atoms with Gasteiger partial charge >= 0.3 is 24.4 Å². The van der Waals surface area contributed by atoms with E-state index in [1.54, 1.807) is 36.4 Å². The maximum atomic E-state index is 12.9. The van der Waals surface area contributed by atoms with E-state index in [0.717, 1.165) is 0 Å². The van der Waals surface area contributed by atoms with Crippen LogP contribution in [-0.4, -0.2) is 54.0 Å². The molecule has 10 nitrogen and oxygen atoms in total. The number of nitrogens with zero attached hydrogens (tertiary/aromatic N) is 5. The summed E-state index contributed by atoms with van der Waals surface area (Å²) >= 11 is 0. The lowest BCUT2D eigenvalue weighted by Gasteiger charge is -2.20. The second kappa shape index (κ2) is 10.5. The number of para-hydroxylation sites is 2. The molecule has 34 heavy (non-hydrogen) atoms. The van der Waals surface area contributed by atoms with Gasteiger partial charge in [0.1, 0.15) is 11.5 Å². The first kappa shape index (κ1) is 24.2. The molecule has 1 aromatic heterocycles. The monoisotopic (exact) mass is 477 g/mol. The van der Waals surface area contributed by atoms with Crippen LogP contribution in [0.25, 0.3) is 0 Å². The maximum Gasteiger partial charge on any atom is 0.432 e. The lowest BCUT2D eigenvalue weighted by atomic mass is 10.3. The lowest BCUT2D eigenvalue weighted by Crippen LogP contribution is -2.42. The predicted molar refractivity (Wildman–Crippen MR) is 113 cm³/mol. The number of alkyl halides is 3. The van der Waals surface area contributed by atoms with Crippen LogP contribution in [0.4, 0.5) is 34.7 Å². The van der Waals surface area contributed by atoms with Crippen molar-refractivity contribution in [1.82, 2.24) is 15.0 Å². The summed E-state index contributed by atoms with van der Waals surface area (Å²) in [6.07, 6.45) is -7.22. The Balaban J connectivity index is 2.00. The predicted octanol–water partition coefficient (Wildman–Crippen LogP) is 4.08. The van der Waals surface area contributed by atoms with Crippen LogP contribution in [0.2, 0.25) is 0 Å². The molecule has 2 aromatic carbocycles. The third-order valence-corrected chi connectivity index (χ3v) is 3.82. The molecule has 1 heterocycles. The Morgan fingerprint density at radius 2 is 1.26 bits per heavy atom. The first-order valence-corrected chi connectivity index (χ1v) is 9.59. The van der Waals surface area contributed by atoms with Gasteiger partial charge in [-0.25, -0.2) is 9.59 Å². The first-order chi connectivity index (χ1) is 16.1. The standard InChI is InChI=1S/C21H18F3N5O5/c1-28(2)16-25-17(27-18(26-16)32-13-21(22,23)24)29(19(30)33-14-9-5-3-6-10-14)20(31)34-15-11-7-4-8-12-15/h3-12H,13H2,1-2H3. The average Bonchev–Trinajstić information content (AvgIpc) is 2.78. The zero-order valence-electron chi connectivity index (χ0n) is 17.9. The van der Waals surface area contributed by atoms with Crippen molar-refractivity contribution in [2.24, 2.45) is 0 Å². The minimum Gasteiger partial charge on any atom is -0.454 e. The Morgan fingerprint density at radius 3 is 1.71 bits per heavy atom. The van der Waals surface area contributed by atoms with E-state index >= 15 is 0 Å². The molecule has 2 amide bonds. The van der Waals surface area contributed by atoms with E-state index in [1.165, 1.54) is 43.3 Å². The van der Waals surface area contributed by atoms with Crippen LogP contribution in [0.3, 0.4) is 0 Å². The molecule has 0 bridgehead atoms. The third kappa shape index (κ3) is 6.79. The third-order valence-electron chi connectivity index (χ3n) is 3.82. The van der Waals surface area contributed by atoms with E-state index in [1.807, 2.05) is 0 Å². The van der Waals surface area contributed by atoms with Gasteiger partial charge in [0.25, 0.3) is 5.95 Å². The second-order valence-corrected chi connectivity index (χ2v) is 6.71. The molecule has 3 rings (SSSR count). The number of amides is 2. The number of halogens is 3. The van der Waals surface area contributed by atoms with Gasteiger partial charge in [-0.1, -0.05) is 36.4 Å². The molecular weight excluding hydrogens is 459 g/mol. The summed E-state index contributed by atoms with van der Waals surface area (Å²) in [5, 5.41) is 0. The number of aromatic nitrogens is 3. The maximum absolute atomic E-state index is 12.9. The minimum absolute atomic E-state index is 0.0837. The van der Waals surface area contributed by atoms with Gasteiger partial charge in [-0.05, 0) is 24.3 Å². The highest BCUT2D eigenvalue weighted by atomic mass is 19.4. The van der Waals surface area contributed by atoms with Gasteiger partial charge in [-0.15, -0.1) is 4.90 Å². The molecule has 0 unspecified atom stereocenters. The van der Waals surface area contributed by atoms with Gasteiger partial charge in [0.05, 0.1) is 0 Å². The van der Waals surface area contributed by atoms with Gasteiger partial charge in [-0.2, -0.15) is 28.1 Å². The number of hydrogen-bond donors (Lipinski definition) is 0. The quantitative estimate of drug-likeness (QED) is 0.519. The Bertz CT molecular complexity index is 1080. The number of hydrogen-bond acceptors (Lipinski definition) is 9. The fourth-order valence-corrected chi connectivity index (χ4v) is 2.35. The van der Waals surface area contributed by atoms with Crippen LogP contribution < -0.4 is 24.0 Å². The summed E-state index contributed by atoms with van der Waals surface area (Å²) in [6.45, 7) is -1.70. The van der Waals surface area contributed by atoms with E-state index in [2.05, 4.69) is 19.7 Å². The van der Waals surface area contributed by atoms with Crippen LogP contribution in [0.1, 0.15) is 0 Å². The molecule has 3 aromatic rings. The molecular formula is C21H18F3N5O5. The van der Waals surface area contributed by atoms with E-state index < -0.39 is 36.9 Å². The number of ether oxygens (including phenoxy) is 3. The largest absolute Gasteiger partial charge is 0.454 e. The van der Waals surface area contributed by atoms with E-state index in [-0.39, 0.29) is 17.4 Å². The smallest absolute Gasteiger partial charge is 0.432 e. The van der Waals surface area contributed by atoms with Crippen LogP contribution >= 0.6 is 0 Å². The van der Waals surface area contributed by atoms with Gasteiger partial charge in [0, 0.05) is 14.1 Å². The zero-order valence-corrected chi connectivity index (χ0v) is 17.9. The van der Waals surface area contributed by atoms with Crippen molar-refractivity contribution in [3.05, 3.63) is 60.7 Å². The average molecular weight is 477 g/mol. The Hall–Kier alpha value is -4.42. The molecule has 0 spiro atoms. The number of carbonyl (C=O) groups excluding carboxylic acids is 2. The topological polar surface area (TPSA) is 107 Å². The van der Waals surface area contributed by atoms with Crippen molar-refractivity contribution in [3.8, 4) is 17.5 Å². The fourth-order valence-electron chi connectivity index (χ4n) is 2.35. The molecule has 0 aliphatic heterocycles. The molecule has 0 saturated carbocycles. The van der Waals surface area contributed by atoms with Crippen molar-refractivity contribution in [3.63, 3.8) is 0 Å². The van der Waals surface area contributed by atoms with Crippen LogP contribution in [0, 0.1) is 0 Å². The molecule has 0 saturated heterocycles. The summed E-state index contributed by atoms with van der Waals surface area (Å²) in [7, 11) is 2.98. The van der Waals surface area contributed by atoms with Gasteiger partial charge in [-0.3, -0.25) is 0 Å². The van der Waals surface area contributed by atoms with Crippen LogP contribution in [0.15, 0.2) is 60.7 Å². The highest BCUT2D eigenvalue weighted by Gasteiger charge is 2.33. The van der Waals surface area contributed by atoms with Gasteiger partial charge in [0.15, 0.2) is 6.61 Å². The summed E-state index contributed by atoms with van der Waals surface area (Å²) in [4.78, 5) is 38.9. The lowest BCUT2D eigenvalue weighted by molar-refractivity contribution is -0.154. The number of rotatable bonds is 6. The van der Waals surface area contributed by atoms with Gasteiger partial charge < -0.3 is 19.1 Å². The van der Waals surface area contributed by atoms with Crippen molar-refractivity contribution in [2.75, 3.05) is 30.5 Å². The van der Waals surface area contributed by atoms with Gasteiger partial charge in [0.2, 0.25) is 5.95 Å². The minimum atomic E-state index is -4.68. The molecule has 178 valence electrons. The molecule has 0 atom stereocenters. The molecule has 0 radical (unpaired) electrons. The summed E-state index contributed by atoms with van der Waals surface area (Å²) < 4.78 is 52.9. The normalized spacial score (nSPS) is 10.9. The van der Waals surface area contributed by atoms with Crippen molar-refractivity contribution < 1.29 is 37.0 Å². The van der Waals surface area contributed by atoms with Crippen LogP contribution in [0.5, 0.6) is 17.5 Å². The van der Waals surface area contributed by atoms with Crippen molar-refractivity contribution in [2.45, 2.75) is 6.18 Å². The van der Waals surface area contributed by atoms with Crippen molar-refractivity contribution >= 4 is 24.1 Å². The first-order valence-electron chi connectivity index (χ1n) is 9.59. The van der Waals surface area contributed by atoms with Crippen molar-refractivity contribution in [1.29, 1.82) is 0 Å². The summed E-state index contributed by atoms with van der Waals surface area (Å²) in [5.41, 5.74) is 0. The zero-order chi connectivity index (χ0) is 24.7.